The van der Waals surface area contributed by atoms with Crippen LogP contribution in [0.5, 0.6) is 5.75 Å². The van der Waals surface area contributed by atoms with Gasteiger partial charge < -0.3 is 9.15 Å². The molecule has 2 heterocycles. The summed E-state index contributed by atoms with van der Waals surface area (Å²) in [6.45, 7) is 3.69. The van der Waals surface area contributed by atoms with Crippen molar-refractivity contribution in [3.63, 3.8) is 0 Å². The topological polar surface area (TPSA) is 77.2 Å². The maximum absolute atomic E-state index is 11.5. The van der Waals surface area contributed by atoms with Crippen LogP contribution in [0.1, 0.15) is 12.0 Å². The van der Waals surface area contributed by atoms with Gasteiger partial charge in [-0.05, 0) is 6.07 Å². The molecule has 1 aliphatic heterocycles. The largest absolute Gasteiger partial charge is 0.487 e. The summed E-state index contributed by atoms with van der Waals surface area (Å²) < 4.78 is 11.3. The van der Waals surface area contributed by atoms with E-state index in [1.807, 2.05) is 12.1 Å². The van der Waals surface area contributed by atoms with Crippen LogP contribution in [0.2, 0.25) is 0 Å². The van der Waals surface area contributed by atoms with Crippen LogP contribution in [0.15, 0.2) is 44.9 Å². The van der Waals surface area contributed by atoms with Crippen molar-refractivity contribution in [3.8, 4) is 11.4 Å². The van der Waals surface area contributed by atoms with Crippen LogP contribution in [0.3, 0.4) is 0 Å². The number of benzene rings is 1. The van der Waals surface area contributed by atoms with Crippen LogP contribution in [0.4, 0.5) is 0 Å². The average molecular weight is 260 g/mol. The number of nitrogens with one attached hydrogen (secondary N) is 1. The monoisotopic (exact) mass is 260 g/mol. The number of H-pyrrole nitrogens is 1. The number of nitrogens with zero attached hydrogens (tertiary/aromatic N) is 1. The van der Waals surface area contributed by atoms with Crippen molar-refractivity contribution in [2.45, 2.75) is 18.9 Å². The van der Waals surface area contributed by atoms with E-state index in [1.165, 1.54) is 0 Å². The highest BCUT2D eigenvalue weighted by molar-refractivity contribution is 5.53. The predicted octanol–water partition coefficient (Wildman–Crippen LogP) is 0.998. The Morgan fingerprint density at radius 1 is 1.47 bits per heavy atom. The zero-order chi connectivity index (χ0) is 13.4. The zero-order valence-electron chi connectivity index (χ0n) is 10.1. The highest BCUT2D eigenvalue weighted by Crippen LogP contribution is 2.34. The number of hydrogen-bond donors (Lipinski definition) is 1. The Morgan fingerprint density at radius 2 is 2.32 bits per heavy atom. The SMILES string of the molecule is C=CC[C@@H]1Cc2cccc(-n3[nH]c(=O)oc3=O)c2O1. The first kappa shape index (κ1) is 11.6. The minimum absolute atomic E-state index is 0.0166. The molecule has 98 valence electrons. The zero-order valence-corrected chi connectivity index (χ0v) is 10.1. The molecule has 0 amide bonds. The molecule has 1 atom stereocenters. The van der Waals surface area contributed by atoms with Gasteiger partial charge in [-0.2, -0.15) is 4.68 Å². The summed E-state index contributed by atoms with van der Waals surface area (Å²) in [4.78, 5) is 22.6. The first-order valence-electron chi connectivity index (χ1n) is 5.91. The van der Waals surface area contributed by atoms with Crippen LogP contribution in [-0.2, 0) is 6.42 Å². The van der Waals surface area contributed by atoms with Crippen molar-refractivity contribution < 1.29 is 9.15 Å². The number of ether oxygens (including phenoxy) is 1. The fraction of sp³-hybridized carbons (Fsp3) is 0.231. The van der Waals surface area contributed by atoms with E-state index in [-0.39, 0.29) is 6.10 Å². The van der Waals surface area contributed by atoms with Gasteiger partial charge in [-0.25, -0.2) is 14.7 Å². The van der Waals surface area contributed by atoms with Crippen LogP contribution >= 0.6 is 0 Å². The van der Waals surface area contributed by atoms with E-state index in [1.54, 1.807) is 12.1 Å². The third-order valence-electron chi connectivity index (χ3n) is 3.04. The highest BCUT2D eigenvalue weighted by atomic mass is 16.5. The molecule has 0 saturated carbocycles. The number of fused-ring (bicyclic) bond motifs is 1. The minimum atomic E-state index is -0.789. The predicted molar refractivity (Wildman–Crippen MR) is 67.9 cm³/mol. The van der Waals surface area contributed by atoms with Gasteiger partial charge in [0.25, 0.3) is 0 Å². The van der Waals surface area contributed by atoms with E-state index in [9.17, 15) is 9.59 Å². The lowest BCUT2D eigenvalue weighted by molar-refractivity contribution is 0.235. The highest BCUT2D eigenvalue weighted by Gasteiger charge is 2.26. The summed E-state index contributed by atoms with van der Waals surface area (Å²) >= 11 is 0. The number of rotatable bonds is 3. The van der Waals surface area contributed by atoms with Crippen LogP contribution in [-0.4, -0.2) is 15.9 Å². The maximum Gasteiger partial charge on any atom is 0.442 e. The number of aromatic nitrogens is 2. The van der Waals surface area contributed by atoms with Crippen molar-refractivity contribution in [2.75, 3.05) is 0 Å². The molecule has 0 spiro atoms. The molecule has 6 heteroatoms. The molecule has 0 fully saturated rings. The molecule has 1 aromatic heterocycles. The Morgan fingerprint density at radius 3 is 3.00 bits per heavy atom. The second-order valence-corrected chi connectivity index (χ2v) is 4.34. The maximum atomic E-state index is 11.5. The van der Waals surface area contributed by atoms with Gasteiger partial charge in [-0.15, -0.1) is 6.58 Å². The van der Waals surface area contributed by atoms with E-state index in [2.05, 4.69) is 16.1 Å². The Bertz CT molecular complexity index is 738. The lowest BCUT2D eigenvalue weighted by Crippen LogP contribution is -2.16. The molecular weight excluding hydrogens is 248 g/mol. The van der Waals surface area contributed by atoms with Crippen LogP contribution < -0.4 is 16.2 Å². The summed E-state index contributed by atoms with van der Waals surface area (Å²) in [5.41, 5.74) is 1.48. The first-order chi connectivity index (χ1) is 9.19. The van der Waals surface area contributed by atoms with Gasteiger partial charge >= 0.3 is 11.5 Å². The van der Waals surface area contributed by atoms with E-state index >= 15 is 0 Å². The minimum Gasteiger partial charge on any atom is -0.487 e. The lowest BCUT2D eigenvalue weighted by atomic mass is 10.1. The van der Waals surface area contributed by atoms with E-state index < -0.39 is 11.5 Å². The molecule has 1 aliphatic rings. The van der Waals surface area contributed by atoms with Gasteiger partial charge in [0.1, 0.15) is 17.5 Å². The molecule has 0 bridgehead atoms. The smallest absolute Gasteiger partial charge is 0.442 e. The molecule has 3 rings (SSSR count). The Balaban J connectivity index is 2.09. The van der Waals surface area contributed by atoms with Gasteiger partial charge in [0.15, 0.2) is 0 Å². The second kappa shape index (κ2) is 4.31. The molecule has 1 aromatic carbocycles. The van der Waals surface area contributed by atoms with E-state index in [0.717, 1.165) is 23.1 Å². The Kier molecular flexibility index (Phi) is 2.63. The average Bonchev–Trinajstić information content (AvgIpc) is 2.92. The van der Waals surface area contributed by atoms with Crippen molar-refractivity contribution in [2.24, 2.45) is 0 Å². The van der Waals surface area contributed by atoms with Crippen molar-refractivity contribution in [1.82, 2.24) is 9.78 Å². The molecule has 1 N–H and O–H groups in total. The first-order valence-corrected chi connectivity index (χ1v) is 5.91. The Hall–Kier alpha value is -2.50. The van der Waals surface area contributed by atoms with E-state index in [4.69, 9.17) is 4.74 Å². The second-order valence-electron chi connectivity index (χ2n) is 4.34. The fourth-order valence-electron chi connectivity index (χ4n) is 2.26. The van der Waals surface area contributed by atoms with Gasteiger partial charge in [0.2, 0.25) is 0 Å². The number of para-hydroxylation sites is 1. The summed E-state index contributed by atoms with van der Waals surface area (Å²) in [6, 6.07) is 5.44. The number of hydrogen-bond acceptors (Lipinski definition) is 4. The summed E-state index contributed by atoms with van der Waals surface area (Å²) in [7, 11) is 0. The van der Waals surface area contributed by atoms with Gasteiger partial charge in [0.05, 0.1) is 0 Å². The molecule has 19 heavy (non-hydrogen) atoms. The standard InChI is InChI=1S/C13H12N2O4/c1-2-4-9-7-8-5-3-6-10(11(8)18-9)15-13(17)19-12(16)14-15/h2-3,5-6,9H,1,4,7H2,(H,14,16)/t9-/m1/s1. The van der Waals surface area contributed by atoms with Crippen molar-refractivity contribution in [3.05, 3.63) is 57.5 Å². The summed E-state index contributed by atoms with van der Waals surface area (Å²) in [6.07, 6.45) is 3.29. The third-order valence-corrected chi connectivity index (χ3v) is 3.04. The van der Waals surface area contributed by atoms with Crippen LogP contribution in [0.25, 0.3) is 5.69 Å². The summed E-state index contributed by atoms with van der Waals surface area (Å²) in [5.74, 6) is -0.939. The molecule has 0 radical (unpaired) electrons. The van der Waals surface area contributed by atoms with Gasteiger partial charge in [0, 0.05) is 18.4 Å². The van der Waals surface area contributed by atoms with Crippen molar-refractivity contribution >= 4 is 0 Å². The molecule has 2 aromatic rings. The third kappa shape index (κ3) is 1.91. The Labute approximate surface area is 107 Å². The lowest BCUT2D eigenvalue weighted by Gasteiger charge is -2.09. The molecule has 0 unspecified atom stereocenters. The van der Waals surface area contributed by atoms with E-state index in [0.29, 0.717) is 11.4 Å². The van der Waals surface area contributed by atoms with Gasteiger partial charge in [-0.3, -0.25) is 0 Å². The number of aromatic amines is 1. The molecular formula is C13H12N2O4. The molecule has 0 saturated heterocycles. The molecule has 6 nitrogen and oxygen atoms in total. The molecule has 0 aliphatic carbocycles. The van der Waals surface area contributed by atoms with Crippen LogP contribution in [0, 0.1) is 0 Å². The van der Waals surface area contributed by atoms with Crippen molar-refractivity contribution in [1.29, 1.82) is 0 Å². The van der Waals surface area contributed by atoms with Gasteiger partial charge in [-0.1, -0.05) is 18.2 Å². The summed E-state index contributed by atoms with van der Waals surface area (Å²) in [5, 5.41) is 2.32. The fourth-order valence-corrected chi connectivity index (χ4v) is 2.26. The normalized spacial score (nSPS) is 16.9. The quantitative estimate of drug-likeness (QED) is 0.835.